The van der Waals surface area contributed by atoms with Crippen molar-refractivity contribution in [3.8, 4) is 0 Å². The van der Waals surface area contributed by atoms with E-state index in [4.69, 9.17) is 16.3 Å². The van der Waals surface area contributed by atoms with E-state index in [1.54, 1.807) is 22.9 Å². The van der Waals surface area contributed by atoms with Crippen LogP contribution in [0.1, 0.15) is 18.4 Å². The third-order valence-electron chi connectivity index (χ3n) is 4.87. The van der Waals surface area contributed by atoms with Gasteiger partial charge in [0.05, 0.1) is 16.3 Å². The SMILES string of the molecule is Cc1cccc(Cl)c1NC(=O)N1CCC2(CC1)CN(C)C(=O)CO2. The van der Waals surface area contributed by atoms with Crippen molar-refractivity contribution in [2.75, 3.05) is 38.6 Å². The number of nitrogens with one attached hydrogen (secondary N) is 1. The zero-order valence-electron chi connectivity index (χ0n) is 14.0. The zero-order valence-corrected chi connectivity index (χ0v) is 14.7. The summed E-state index contributed by atoms with van der Waals surface area (Å²) in [5.74, 6) is 0.00925. The van der Waals surface area contributed by atoms with E-state index in [2.05, 4.69) is 5.32 Å². The van der Waals surface area contributed by atoms with Crippen LogP contribution in [0.2, 0.25) is 5.02 Å². The summed E-state index contributed by atoms with van der Waals surface area (Å²) in [5.41, 5.74) is 1.27. The molecule has 0 aromatic heterocycles. The van der Waals surface area contributed by atoms with Gasteiger partial charge in [-0.1, -0.05) is 23.7 Å². The smallest absolute Gasteiger partial charge is 0.321 e. The lowest BCUT2D eigenvalue weighted by atomic mass is 9.89. The first-order valence-electron chi connectivity index (χ1n) is 8.09. The van der Waals surface area contributed by atoms with Crippen molar-refractivity contribution in [1.29, 1.82) is 0 Å². The fourth-order valence-electron chi connectivity index (χ4n) is 3.29. The van der Waals surface area contributed by atoms with Gasteiger partial charge < -0.3 is 19.9 Å². The van der Waals surface area contributed by atoms with Crippen LogP contribution in [0.15, 0.2) is 18.2 Å². The largest absolute Gasteiger partial charge is 0.363 e. The maximum atomic E-state index is 12.5. The number of amides is 3. The molecule has 1 spiro atoms. The van der Waals surface area contributed by atoms with Gasteiger partial charge in [-0.25, -0.2) is 4.79 Å². The Morgan fingerprint density at radius 3 is 2.67 bits per heavy atom. The van der Waals surface area contributed by atoms with Crippen LogP contribution in [-0.2, 0) is 9.53 Å². The van der Waals surface area contributed by atoms with Gasteiger partial charge in [0.1, 0.15) is 6.61 Å². The van der Waals surface area contributed by atoms with E-state index in [1.165, 1.54) is 0 Å². The number of piperidine rings is 1. The summed E-state index contributed by atoms with van der Waals surface area (Å²) >= 11 is 6.17. The molecule has 130 valence electrons. The molecule has 2 fully saturated rings. The lowest BCUT2D eigenvalue weighted by Gasteiger charge is -2.46. The molecule has 1 aromatic rings. The second-order valence-corrected chi connectivity index (χ2v) is 6.98. The number of hydrogen-bond donors (Lipinski definition) is 1. The molecule has 1 N–H and O–H groups in total. The number of anilines is 1. The molecule has 0 bridgehead atoms. The van der Waals surface area contributed by atoms with Crippen LogP contribution in [0.5, 0.6) is 0 Å². The van der Waals surface area contributed by atoms with E-state index >= 15 is 0 Å². The van der Waals surface area contributed by atoms with Gasteiger partial charge in [-0.3, -0.25) is 4.79 Å². The molecule has 24 heavy (non-hydrogen) atoms. The molecule has 0 aliphatic carbocycles. The summed E-state index contributed by atoms with van der Waals surface area (Å²) in [6.07, 6.45) is 1.44. The van der Waals surface area contributed by atoms with Crippen molar-refractivity contribution in [3.05, 3.63) is 28.8 Å². The Hall–Kier alpha value is -1.79. The Kier molecular flexibility index (Phi) is 4.69. The minimum atomic E-state index is -0.320. The van der Waals surface area contributed by atoms with Crippen LogP contribution in [-0.4, -0.2) is 60.6 Å². The summed E-state index contributed by atoms with van der Waals surface area (Å²) in [4.78, 5) is 27.6. The molecule has 2 saturated heterocycles. The van der Waals surface area contributed by atoms with E-state index in [9.17, 15) is 9.59 Å². The van der Waals surface area contributed by atoms with Gasteiger partial charge in [-0.2, -0.15) is 0 Å². The number of likely N-dealkylation sites (tertiary alicyclic amines) is 1. The molecule has 0 unspecified atom stereocenters. The van der Waals surface area contributed by atoms with Crippen LogP contribution < -0.4 is 5.32 Å². The first kappa shape index (κ1) is 17.0. The maximum Gasteiger partial charge on any atom is 0.321 e. The number of aryl methyl sites for hydroxylation is 1. The predicted molar refractivity (Wildman–Crippen MR) is 92.3 cm³/mol. The van der Waals surface area contributed by atoms with Gasteiger partial charge in [0.15, 0.2) is 0 Å². The van der Waals surface area contributed by atoms with Gasteiger partial charge in [0.25, 0.3) is 0 Å². The highest BCUT2D eigenvalue weighted by Crippen LogP contribution is 2.31. The number of carbonyl (C=O) groups excluding carboxylic acids is 2. The molecular formula is C17H22ClN3O3. The highest BCUT2D eigenvalue weighted by Gasteiger charge is 2.42. The number of likely N-dealkylation sites (N-methyl/N-ethyl adjacent to an activating group) is 1. The number of nitrogens with zero attached hydrogens (tertiary/aromatic N) is 2. The first-order chi connectivity index (χ1) is 11.4. The standard InChI is InChI=1S/C17H22ClN3O3/c1-12-4-3-5-13(18)15(12)19-16(23)21-8-6-17(7-9-21)11-20(2)14(22)10-24-17/h3-5H,6-11H2,1-2H3,(H,19,23). The zero-order chi connectivity index (χ0) is 17.3. The Morgan fingerprint density at radius 2 is 2.04 bits per heavy atom. The average Bonchev–Trinajstić information content (AvgIpc) is 2.56. The summed E-state index contributed by atoms with van der Waals surface area (Å²) in [7, 11) is 1.80. The third kappa shape index (κ3) is 3.35. The number of morpholine rings is 1. The predicted octanol–water partition coefficient (Wildman–Crippen LogP) is 2.50. The highest BCUT2D eigenvalue weighted by molar-refractivity contribution is 6.33. The van der Waals surface area contributed by atoms with Crippen molar-refractivity contribution >= 4 is 29.2 Å². The highest BCUT2D eigenvalue weighted by atomic mass is 35.5. The molecule has 0 atom stereocenters. The van der Waals surface area contributed by atoms with Crippen molar-refractivity contribution in [2.24, 2.45) is 0 Å². The molecule has 0 radical (unpaired) electrons. The molecule has 3 rings (SSSR count). The van der Waals surface area contributed by atoms with E-state index in [0.29, 0.717) is 30.3 Å². The Morgan fingerprint density at radius 1 is 1.33 bits per heavy atom. The number of carbonyl (C=O) groups is 2. The number of rotatable bonds is 1. The molecule has 1 aromatic carbocycles. The van der Waals surface area contributed by atoms with E-state index < -0.39 is 0 Å². The van der Waals surface area contributed by atoms with Crippen molar-refractivity contribution < 1.29 is 14.3 Å². The van der Waals surface area contributed by atoms with Crippen LogP contribution in [0.3, 0.4) is 0 Å². The quantitative estimate of drug-likeness (QED) is 0.845. The second-order valence-electron chi connectivity index (χ2n) is 6.57. The van der Waals surface area contributed by atoms with Crippen molar-refractivity contribution in [1.82, 2.24) is 9.80 Å². The van der Waals surface area contributed by atoms with Gasteiger partial charge in [0.2, 0.25) is 5.91 Å². The Bertz CT molecular complexity index is 636. The summed E-state index contributed by atoms with van der Waals surface area (Å²) in [6, 6.07) is 5.38. The number of hydrogen-bond acceptors (Lipinski definition) is 3. The maximum absolute atomic E-state index is 12.5. The molecular weight excluding hydrogens is 330 g/mol. The molecule has 2 aliphatic heterocycles. The Balaban J connectivity index is 1.60. The minimum absolute atomic E-state index is 0.00925. The van der Waals surface area contributed by atoms with E-state index in [1.807, 2.05) is 19.1 Å². The van der Waals surface area contributed by atoms with Crippen molar-refractivity contribution in [2.45, 2.75) is 25.4 Å². The van der Waals surface area contributed by atoms with Gasteiger partial charge >= 0.3 is 6.03 Å². The molecule has 2 aliphatic rings. The van der Waals surface area contributed by atoms with E-state index in [-0.39, 0.29) is 24.1 Å². The summed E-state index contributed by atoms with van der Waals surface area (Å²) in [6.45, 7) is 3.82. The van der Waals surface area contributed by atoms with Gasteiger partial charge in [-0.05, 0) is 31.4 Å². The van der Waals surface area contributed by atoms with Gasteiger partial charge in [-0.15, -0.1) is 0 Å². The number of ether oxygens (including phenoxy) is 1. The monoisotopic (exact) mass is 351 g/mol. The van der Waals surface area contributed by atoms with Crippen LogP contribution in [0.25, 0.3) is 0 Å². The molecule has 7 heteroatoms. The summed E-state index contributed by atoms with van der Waals surface area (Å²) in [5, 5.41) is 3.44. The third-order valence-corrected chi connectivity index (χ3v) is 5.18. The minimum Gasteiger partial charge on any atom is -0.363 e. The van der Waals surface area contributed by atoms with Crippen LogP contribution >= 0.6 is 11.6 Å². The number of benzene rings is 1. The topological polar surface area (TPSA) is 61.9 Å². The fraction of sp³-hybridized carbons (Fsp3) is 0.529. The molecule has 6 nitrogen and oxygen atoms in total. The van der Waals surface area contributed by atoms with Gasteiger partial charge in [0, 0.05) is 26.7 Å². The van der Waals surface area contributed by atoms with E-state index in [0.717, 1.165) is 18.4 Å². The second kappa shape index (κ2) is 6.61. The van der Waals surface area contributed by atoms with Crippen LogP contribution in [0.4, 0.5) is 10.5 Å². The Labute approximate surface area is 146 Å². The molecule has 0 saturated carbocycles. The first-order valence-corrected chi connectivity index (χ1v) is 8.47. The lowest BCUT2D eigenvalue weighted by molar-refractivity contribution is -0.167. The molecule has 2 heterocycles. The number of halogens is 1. The average molecular weight is 352 g/mol. The fourth-order valence-corrected chi connectivity index (χ4v) is 3.56. The van der Waals surface area contributed by atoms with Crippen molar-refractivity contribution in [3.63, 3.8) is 0 Å². The summed E-state index contributed by atoms with van der Waals surface area (Å²) < 4.78 is 5.80. The molecule has 3 amide bonds. The normalized spacial score (nSPS) is 20.4. The number of urea groups is 1. The van der Waals surface area contributed by atoms with Crippen LogP contribution in [0, 0.1) is 6.92 Å². The lowest BCUT2D eigenvalue weighted by Crippen LogP contribution is -2.58. The number of para-hydroxylation sites is 1.